The van der Waals surface area contributed by atoms with Crippen LogP contribution in [0.4, 0.5) is 0 Å². The van der Waals surface area contributed by atoms with Crippen LogP contribution in [-0.2, 0) is 14.3 Å². The second-order valence-electron chi connectivity index (χ2n) is 4.43. The number of hydrogen-bond acceptors (Lipinski definition) is 5. The Kier molecular flexibility index (Phi) is 5.46. The first-order valence-electron chi connectivity index (χ1n) is 6.95. The second kappa shape index (κ2) is 7.74. The Labute approximate surface area is 132 Å². The molecule has 1 N–H and O–H groups in total. The molecular weight excluding hydrogens is 298 g/mol. The van der Waals surface area contributed by atoms with E-state index in [1.165, 1.54) is 12.3 Å². The van der Waals surface area contributed by atoms with Gasteiger partial charge in [0.2, 0.25) is 0 Å². The number of rotatable bonds is 5. The normalized spacial score (nSPS) is 10.9. The Balaban J connectivity index is 2.35. The van der Waals surface area contributed by atoms with Crippen molar-refractivity contribution in [1.29, 1.82) is 0 Å². The molecule has 0 saturated carbocycles. The van der Waals surface area contributed by atoms with Crippen LogP contribution in [0.3, 0.4) is 0 Å². The minimum Gasteiger partial charge on any atom is -0.463 e. The number of hydrogen-bond donors (Lipinski definition) is 1. The fourth-order valence-electron chi connectivity index (χ4n) is 1.80. The lowest BCUT2D eigenvalue weighted by atomic mass is 10.2. The average Bonchev–Trinajstić information content (AvgIpc) is 2.55. The second-order valence-corrected chi connectivity index (χ2v) is 4.43. The summed E-state index contributed by atoms with van der Waals surface area (Å²) in [6, 6.07) is 11.3. The van der Waals surface area contributed by atoms with E-state index in [4.69, 9.17) is 9.47 Å². The van der Waals surface area contributed by atoms with E-state index in [1.54, 1.807) is 43.3 Å². The smallest absolute Gasteiger partial charge is 0.343 e. The number of benzene rings is 1. The van der Waals surface area contributed by atoms with Gasteiger partial charge in [-0.3, -0.25) is 4.79 Å². The van der Waals surface area contributed by atoms with Crippen molar-refractivity contribution in [2.75, 3.05) is 6.61 Å². The Morgan fingerprint density at radius 2 is 1.87 bits per heavy atom. The molecular formula is C17H15NO5. The van der Waals surface area contributed by atoms with Gasteiger partial charge < -0.3 is 14.5 Å². The van der Waals surface area contributed by atoms with Crippen molar-refractivity contribution in [2.24, 2.45) is 0 Å². The van der Waals surface area contributed by atoms with Gasteiger partial charge in [0, 0.05) is 6.20 Å². The van der Waals surface area contributed by atoms with Crippen molar-refractivity contribution in [3.63, 3.8) is 0 Å². The van der Waals surface area contributed by atoms with Gasteiger partial charge in [-0.2, -0.15) is 0 Å². The van der Waals surface area contributed by atoms with E-state index in [-0.39, 0.29) is 17.9 Å². The highest BCUT2D eigenvalue weighted by Gasteiger charge is 2.16. The van der Waals surface area contributed by atoms with Crippen LogP contribution < -0.4 is 5.56 Å². The summed E-state index contributed by atoms with van der Waals surface area (Å²) in [7, 11) is 0. The summed E-state index contributed by atoms with van der Waals surface area (Å²) in [6.07, 6.45) is 2.42. The first-order chi connectivity index (χ1) is 11.1. The molecule has 23 heavy (non-hydrogen) atoms. The van der Waals surface area contributed by atoms with Gasteiger partial charge in [-0.05, 0) is 31.2 Å². The van der Waals surface area contributed by atoms with Crippen LogP contribution in [0.25, 0.3) is 5.76 Å². The zero-order valence-corrected chi connectivity index (χ0v) is 12.4. The maximum Gasteiger partial charge on any atom is 0.343 e. The monoisotopic (exact) mass is 313 g/mol. The van der Waals surface area contributed by atoms with Gasteiger partial charge in [0.05, 0.1) is 23.8 Å². The van der Waals surface area contributed by atoms with Crippen LogP contribution in [0.2, 0.25) is 0 Å². The summed E-state index contributed by atoms with van der Waals surface area (Å²) >= 11 is 0. The lowest BCUT2D eigenvalue weighted by molar-refractivity contribution is -0.137. The van der Waals surface area contributed by atoms with E-state index in [0.29, 0.717) is 5.56 Å². The molecule has 0 aliphatic rings. The molecule has 6 heteroatoms. The average molecular weight is 313 g/mol. The molecule has 0 atom stereocenters. The van der Waals surface area contributed by atoms with Gasteiger partial charge in [0.1, 0.15) is 0 Å². The molecule has 0 aliphatic heterocycles. The lowest BCUT2D eigenvalue weighted by Crippen LogP contribution is -2.15. The molecule has 0 unspecified atom stereocenters. The molecule has 6 nitrogen and oxygen atoms in total. The fraction of sp³-hybridized carbons (Fsp3) is 0.118. The topological polar surface area (TPSA) is 85.5 Å². The van der Waals surface area contributed by atoms with Crippen LogP contribution in [-0.4, -0.2) is 23.5 Å². The summed E-state index contributed by atoms with van der Waals surface area (Å²) in [5.41, 5.74) is -0.122. The van der Waals surface area contributed by atoms with Crippen LogP contribution in [0.1, 0.15) is 22.8 Å². The Bertz CT molecular complexity index is 777. The van der Waals surface area contributed by atoms with Crippen molar-refractivity contribution < 1.29 is 19.1 Å². The number of esters is 2. The van der Waals surface area contributed by atoms with Crippen molar-refractivity contribution in [1.82, 2.24) is 4.98 Å². The van der Waals surface area contributed by atoms with Gasteiger partial charge in [0.25, 0.3) is 5.56 Å². The standard InChI is InChI=1S/C17H15NO5/c1-2-22-15(19)11-14(13-9-6-10-18-16(13)20)23-17(21)12-7-4-3-5-8-12/h3-11H,2H2,1H3,(H,18,20)/b14-11+. The number of carbonyl (C=O) groups excluding carboxylic acids is 2. The molecule has 118 valence electrons. The van der Waals surface area contributed by atoms with Crippen molar-refractivity contribution in [2.45, 2.75) is 6.92 Å². The predicted octanol–water partition coefficient (Wildman–Crippen LogP) is 2.14. The number of ether oxygens (including phenoxy) is 2. The van der Waals surface area contributed by atoms with E-state index in [1.807, 2.05) is 0 Å². The van der Waals surface area contributed by atoms with Gasteiger partial charge >= 0.3 is 11.9 Å². The largest absolute Gasteiger partial charge is 0.463 e. The first-order valence-corrected chi connectivity index (χ1v) is 6.95. The molecule has 2 rings (SSSR count). The van der Waals surface area contributed by atoms with E-state index in [0.717, 1.165) is 6.08 Å². The molecule has 0 spiro atoms. The molecule has 2 aromatic rings. The first kappa shape index (κ1) is 16.2. The molecule has 0 radical (unpaired) electrons. The quantitative estimate of drug-likeness (QED) is 0.519. The highest BCUT2D eigenvalue weighted by atomic mass is 16.5. The summed E-state index contributed by atoms with van der Waals surface area (Å²) in [5, 5.41) is 0. The van der Waals surface area contributed by atoms with Crippen molar-refractivity contribution >= 4 is 17.7 Å². The molecule has 0 fully saturated rings. The van der Waals surface area contributed by atoms with Crippen molar-refractivity contribution in [3.05, 3.63) is 76.2 Å². The highest BCUT2D eigenvalue weighted by Crippen LogP contribution is 2.15. The molecule has 0 saturated heterocycles. The number of pyridine rings is 1. The van der Waals surface area contributed by atoms with Crippen molar-refractivity contribution in [3.8, 4) is 0 Å². The van der Waals surface area contributed by atoms with E-state index in [2.05, 4.69) is 4.98 Å². The van der Waals surface area contributed by atoms with E-state index >= 15 is 0 Å². The number of carbonyl (C=O) groups is 2. The summed E-state index contributed by atoms with van der Waals surface area (Å²) in [6.45, 7) is 1.82. The summed E-state index contributed by atoms with van der Waals surface area (Å²) < 4.78 is 10.0. The number of aromatic amines is 1. The van der Waals surface area contributed by atoms with Gasteiger partial charge in [-0.25, -0.2) is 9.59 Å². The molecule has 1 aromatic carbocycles. The molecule has 0 amide bonds. The minimum absolute atomic E-state index is 0.0600. The molecule has 1 aromatic heterocycles. The Morgan fingerprint density at radius 1 is 1.13 bits per heavy atom. The highest BCUT2D eigenvalue weighted by molar-refractivity contribution is 5.96. The Hall–Kier alpha value is -3.15. The third kappa shape index (κ3) is 4.41. The summed E-state index contributed by atoms with van der Waals surface area (Å²) in [5.74, 6) is -1.55. The van der Waals surface area contributed by atoms with Gasteiger partial charge in [-0.1, -0.05) is 18.2 Å². The zero-order valence-electron chi connectivity index (χ0n) is 12.4. The molecule has 0 aliphatic carbocycles. The number of aromatic nitrogens is 1. The molecule has 0 bridgehead atoms. The van der Waals surface area contributed by atoms with Crippen LogP contribution in [0.15, 0.2) is 59.5 Å². The zero-order chi connectivity index (χ0) is 16.7. The Morgan fingerprint density at radius 3 is 2.52 bits per heavy atom. The minimum atomic E-state index is -0.702. The maximum atomic E-state index is 12.2. The SMILES string of the molecule is CCOC(=O)/C=C(/OC(=O)c1ccccc1)c1ccc[nH]c1=O. The van der Waals surface area contributed by atoms with Crippen LogP contribution in [0, 0.1) is 0 Å². The lowest BCUT2D eigenvalue weighted by Gasteiger charge is -2.08. The summed E-state index contributed by atoms with van der Waals surface area (Å²) in [4.78, 5) is 38.1. The van der Waals surface area contributed by atoms with Gasteiger partial charge in [-0.15, -0.1) is 0 Å². The third-order valence-electron chi connectivity index (χ3n) is 2.83. The third-order valence-corrected chi connectivity index (χ3v) is 2.83. The fourth-order valence-corrected chi connectivity index (χ4v) is 1.80. The van der Waals surface area contributed by atoms with E-state index in [9.17, 15) is 14.4 Å². The predicted molar refractivity (Wildman–Crippen MR) is 83.5 cm³/mol. The van der Waals surface area contributed by atoms with E-state index < -0.39 is 17.5 Å². The molecule has 1 heterocycles. The number of nitrogens with one attached hydrogen (secondary N) is 1. The van der Waals surface area contributed by atoms with Gasteiger partial charge in [0.15, 0.2) is 5.76 Å². The maximum absolute atomic E-state index is 12.2. The number of H-pyrrole nitrogens is 1. The van der Waals surface area contributed by atoms with Crippen LogP contribution >= 0.6 is 0 Å². The van der Waals surface area contributed by atoms with Crippen LogP contribution in [0.5, 0.6) is 0 Å².